The Hall–Kier alpha value is -2.99. The van der Waals surface area contributed by atoms with Gasteiger partial charge in [0.1, 0.15) is 11.9 Å². The molecule has 2 aliphatic carbocycles. The maximum absolute atomic E-state index is 12.8. The van der Waals surface area contributed by atoms with Gasteiger partial charge >= 0.3 is 5.97 Å². The molecule has 0 amide bonds. The minimum absolute atomic E-state index is 0.0718. The van der Waals surface area contributed by atoms with Gasteiger partial charge in [-0.15, -0.1) is 0 Å². The van der Waals surface area contributed by atoms with E-state index in [0.717, 1.165) is 0 Å². The molecule has 2 atom stereocenters. The molecule has 0 fully saturated rings. The van der Waals surface area contributed by atoms with Crippen LogP contribution in [0.15, 0.2) is 30.3 Å². The molecule has 2 N–H and O–H groups in total. The summed E-state index contributed by atoms with van der Waals surface area (Å²) in [7, 11) is 0. The highest BCUT2D eigenvalue weighted by Crippen LogP contribution is 2.43. The monoisotopic (exact) mass is 352 g/mol. The number of aliphatic hydroxyl groups excluding tert-OH is 1. The van der Waals surface area contributed by atoms with Crippen LogP contribution in [0.25, 0.3) is 0 Å². The lowest BCUT2D eigenvalue weighted by Gasteiger charge is -2.31. The average molecular weight is 352 g/mol. The van der Waals surface area contributed by atoms with Crippen LogP contribution < -0.4 is 0 Å². The number of hydrogen-bond acceptors (Lipinski definition) is 6. The zero-order valence-corrected chi connectivity index (χ0v) is 14.0. The molecule has 0 heterocycles. The van der Waals surface area contributed by atoms with Crippen LogP contribution in [0.4, 0.5) is 0 Å². The van der Waals surface area contributed by atoms with E-state index in [1.807, 2.05) is 0 Å². The highest BCUT2D eigenvalue weighted by Gasteiger charge is 2.38. The van der Waals surface area contributed by atoms with E-state index in [2.05, 4.69) is 0 Å². The van der Waals surface area contributed by atoms with Crippen molar-refractivity contribution in [3.8, 4) is 5.75 Å². The van der Waals surface area contributed by atoms with Gasteiger partial charge < -0.3 is 14.9 Å². The molecule has 0 saturated heterocycles. The van der Waals surface area contributed by atoms with Crippen molar-refractivity contribution in [1.82, 2.24) is 0 Å². The number of phenolic OH excluding ortho intramolecular Hbond substituents is 1. The van der Waals surface area contributed by atoms with E-state index in [9.17, 15) is 24.6 Å². The van der Waals surface area contributed by atoms with Crippen molar-refractivity contribution in [3.63, 3.8) is 0 Å². The van der Waals surface area contributed by atoms with Gasteiger partial charge in [-0.1, -0.05) is 24.3 Å². The molecule has 6 nitrogen and oxygen atoms in total. The van der Waals surface area contributed by atoms with Crippen molar-refractivity contribution in [2.75, 3.05) is 0 Å². The van der Waals surface area contributed by atoms with Gasteiger partial charge in [-0.2, -0.15) is 0 Å². The number of phenols is 1. The Morgan fingerprint density at radius 1 is 1.12 bits per heavy atom. The molecule has 6 heteroatoms. The predicted octanol–water partition coefficient (Wildman–Crippen LogP) is 2.08. The van der Waals surface area contributed by atoms with Crippen LogP contribution in [0.1, 0.15) is 62.4 Å². The van der Waals surface area contributed by atoms with Gasteiger partial charge in [0.2, 0.25) is 0 Å². The first-order chi connectivity index (χ1) is 12.4. The molecule has 0 saturated carbocycles. The van der Waals surface area contributed by atoms with Crippen molar-refractivity contribution in [2.45, 2.75) is 32.0 Å². The summed E-state index contributed by atoms with van der Waals surface area (Å²) < 4.78 is 5.17. The second-order valence-corrected chi connectivity index (χ2v) is 6.61. The third-order valence-electron chi connectivity index (χ3n) is 4.91. The molecule has 4 rings (SSSR count). The number of hydrogen-bond donors (Lipinski definition) is 2. The number of esters is 1. The van der Waals surface area contributed by atoms with Crippen LogP contribution in [0, 0.1) is 0 Å². The van der Waals surface area contributed by atoms with Crippen molar-refractivity contribution in [3.05, 3.63) is 63.7 Å². The van der Waals surface area contributed by atoms with Crippen LogP contribution in [0.2, 0.25) is 0 Å². The largest absolute Gasteiger partial charge is 0.507 e. The maximum atomic E-state index is 12.8. The molecule has 0 bridgehead atoms. The van der Waals surface area contributed by atoms with Gasteiger partial charge in [0.15, 0.2) is 11.6 Å². The number of carbonyl (C=O) groups excluding carboxylic acids is 3. The zero-order chi connectivity index (χ0) is 18.6. The van der Waals surface area contributed by atoms with Gasteiger partial charge in [0.25, 0.3) is 0 Å². The summed E-state index contributed by atoms with van der Waals surface area (Å²) in [5.41, 5.74) is 1.30. The number of carbonyl (C=O) groups is 3. The third kappa shape index (κ3) is 2.34. The van der Waals surface area contributed by atoms with Crippen molar-refractivity contribution in [2.24, 2.45) is 0 Å². The minimum atomic E-state index is -1.09. The standard InChI is InChI=1S/C20H16O6/c1-9(21)26-11-6-10-7-14-17(20(25)16(10)15(22)8-11)19(24)13-5-3-2-4-12(13)18(14)23/h2-5,7,11,15,22,25H,6,8H2,1H3. The van der Waals surface area contributed by atoms with Gasteiger partial charge in [0.05, 0.1) is 11.7 Å². The topological polar surface area (TPSA) is 101 Å². The highest BCUT2D eigenvalue weighted by atomic mass is 16.5. The molecule has 0 aliphatic heterocycles. The number of aromatic hydroxyl groups is 1. The predicted molar refractivity (Wildman–Crippen MR) is 90.2 cm³/mol. The molecular formula is C20H16O6. The number of rotatable bonds is 1. The molecule has 2 aliphatic rings. The summed E-state index contributed by atoms with van der Waals surface area (Å²) in [5.74, 6) is -1.62. The molecule has 2 unspecified atom stereocenters. The second kappa shape index (κ2) is 5.78. The fourth-order valence-electron chi connectivity index (χ4n) is 3.87. The fourth-order valence-corrected chi connectivity index (χ4v) is 3.87. The number of aliphatic hydroxyl groups is 1. The molecule has 26 heavy (non-hydrogen) atoms. The maximum Gasteiger partial charge on any atom is 0.302 e. The van der Waals surface area contributed by atoms with E-state index >= 15 is 0 Å². The summed E-state index contributed by atoms with van der Waals surface area (Å²) in [5, 5.41) is 21.1. The lowest BCUT2D eigenvalue weighted by molar-refractivity contribution is -0.148. The smallest absolute Gasteiger partial charge is 0.302 e. The van der Waals surface area contributed by atoms with Gasteiger partial charge in [-0.3, -0.25) is 14.4 Å². The Morgan fingerprint density at radius 2 is 1.77 bits per heavy atom. The van der Waals surface area contributed by atoms with Gasteiger partial charge in [-0.05, 0) is 11.6 Å². The quantitative estimate of drug-likeness (QED) is 0.650. The third-order valence-corrected chi connectivity index (χ3v) is 4.91. The minimum Gasteiger partial charge on any atom is -0.507 e. The lowest BCUT2D eigenvalue weighted by Crippen LogP contribution is -2.29. The van der Waals surface area contributed by atoms with E-state index in [1.165, 1.54) is 13.0 Å². The van der Waals surface area contributed by atoms with Crippen LogP contribution in [-0.4, -0.2) is 33.9 Å². The molecule has 0 spiro atoms. The van der Waals surface area contributed by atoms with Crippen LogP contribution in [0.5, 0.6) is 5.75 Å². The summed E-state index contributed by atoms with van der Waals surface area (Å²) in [4.78, 5) is 36.8. The first-order valence-electron chi connectivity index (χ1n) is 8.31. The van der Waals surface area contributed by atoms with E-state index in [-0.39, 0.29) is 52.2 Å². The second-order valence-electron chi connectivity index (χ2n) is 6.61. The SMILES string of the molecule is CC(=O)OC1Cc2cc3c(c(O)c2C(O)C1)C(=O)c1ccccc1C3=O. The first-order valence-corrected chi connectivity index (χ1v) is 8.31. The normalized spacial score (nSPS) is 20.8. The Balaban J connectivity index is 1.88. The molecule has 0 radical (unpaired) electrons. The molecule has 132 valence electrons. The van der Waals surface area contributed by atoms with E-state index in [4.69, 9.17) is 4.74 Å². The molecular weight excluding hydrogens is 336 g/mol. The Kier molecular flexibility index (Phi) is 3.66. The van der Waals surface area contributed by atoms with Crippen LogP contribution in [-0.2, 0) is 16.0 Å². The first kappa shape index (κ1) is 16.5. The van der Waals surface area contributed by atoms with Gasteiger partial charge in [0, 0.05) is 42.0 Å². The molecule has 2 aromatic rings. The van der Waals surface area contributed by atoms with E-state index in [1.54, 1.807) is 24.3 Å². The highest BCUT2D eigenvalue weighted by molar-refractivity contribution is 6.29. The fraction of sp³-hybridized carbons (Fsp3) is 0.250. The number of fused-ring (bicyclic) bond motifs is 3. The summed E-state index contributed by atoms with van der Waals surface area (Å²) in [6.45, 7) is 1.28. The number of ether oxygens (including phenoxy) is 1. The Morgan fingerprint density at radius 3 is 2.42 bits per heavy atom. The Labute approximate surface area is 149 Å². The number of benzene rings is 2. The summed E-state index contributed by atoms with van der Waals surface area (Å²) >= 11 is 0. The Bertz CT molecular complexity index is 975. The van der Waals surface area contributed by atoms with Gasteiger partial charge in [-0.25, -0.2) is 0 Å². The molecule has 2 aromatic carbocycles. The van der Waals surface area contributed by atoms with Crippen LogP contribution >= 0.6 is 0 Å². The van der Waals surface area contributed by atoms with Crippen molar-refractivity contribution < 1.29 is 29.3 Å². The van der Waals surface area contributed by atoms with Crippen molar-refractivity contribution in [1.29, 1.82) is 0 Å². The summed E-state index contributed by atoms with van der Waals surface area (Å²) in [6, 6.07) is 7.98. The summed E-state index contributed by atoms with van der Waals surface area (Å²) in [6.07, 6.45) is -1.25. The molecule has 0 aromatic heterocycles. The van der Waals surface area contributed by atoms with Crippen molar-refractivity contribution >= 4 is 17.5 Å². The zero-order valence-electron chi connectivity index (χ0n) is 14.0. The van der Waals surface area contributed by atoms with E-state index < -0.39 is 24.0 Å². The lowest BCUT2D eigenvalue weighted by atomic mass is 9.77. The average Bonchev–Trinajstić information content (AvgIpc) is 2.58. The number of ketones is 2. The van der Waals surface area contributed by atoms with E-state index in [0.29, 0.717) is 5.56 Å². The van der Waals surface area contributed by atoms with Crippen LogP contribution in [0.3, 0.4) is 0 Å².